The number of nitrogens with zero attached hydrogens (tertiary/aromatic N) is 1. The normalized spacial score (nSPS) is 15.7. The molecule has 0 spiro atoms. The van der Waals surface area contributed by atoms with Crippen molar-refractivity contribution >= 4 is 23.7 Å². The number of carbonyl (C=O) groups excluding carboxylic acids is 4. The summed E-state index contributed by atoms with van der Waals surface area (Å²) in [6.45, 7) is 3.45. The lowest BCUT2D eigenvalue weighted by Crippen LogP contribution is -2.48. The Kier molecular flexibility index (Phi) is 5.10. The highest BCUT2D eigenvalue weighted by molar-refractivity contribution is 6.02. The van der Waals surface area contributed by atoms with Crippen LogP contribution in [0.5, 0.6) is 0 Å². The lowest BCUT2D eigenvalue weighted by atomic mass is 10.0. The minimum Gasteiger partial charge on any atom is -0.338 e. The number of hydrogen-bond acceptors (Lipinski definition) is 5. The molecule has 0 radical (unpaired) electrons. The number of nitrogens with one attached hydrogen (secondary N) is 1. The maximum atomic E-state index is 12.2. The van der Waals surface area contributed by atoms with E-state index in [9.17, 15) is 19.2 Å². The van der Waals surface area contributed by atoms with Gasteiger partial charge in [0.05, 0.1) is 0 Å². The van der Waals surface area contributed by atoms with E-state index in [0.29, 0.717) is 10.6 Å². The highest BCUT2D eigenvalue weighted by atomic mass is 16.7. The van der Waals surface area contributed by atoms with Gasteiger partial charge in [-0.05, 0) is 18.1 Å². The van der Waals surface area contributed by atoms with Crippen LogP contribution in [0.4, 0.5) is 0 Å². The highest BCUT2D eigenvalue weighted by Gasteiger charge is 2.36. The zero-order valence-corrected chi connectivity index (χ0v) is 12.9. The molecule has 122 valence electrons. The molecule has 1 N–H and O–H groups in total. The lowest BCUT2D eigenvalue weighted by molar-refractivity contribution is -0.199. The minimum atomic E-state index is -0.969. The van der Waals surface area contributed by atoms with Crippen molar-refractivity contribution in [2.75, 3.05) is 0 Å². The van der Waals surface area contributed by atoms with E-state index in [1.165, 1.54) is 0 Å². The summed E-state index contributed by atoms with van der Waals surface area (Å²) in [7, 11) is 0. The van der Waals surface area contributed by atoms with Gasteiger partial charge in [-0.15, -0.1) is 5.06 Å². The van der Waals surface area contributed by atoms with Crippen molar-refractivity contribution < 1.29 is 24.0 Å². The van der Waals surface area contributed by atoms with Crippen LogP contribution in [-0.4, -0.2) is 34.8 Å². The summed E-state index contributed by atoms with van der Waals surface area (Å²) >= 11 is 0. The molecule has 2 rings (SSSR count). The van der Waals surface area contributed by atoms with Gasteiger partial charge in [0.25, 0.3) is 17.7 Å². The van der Waals surface area contributed by atoms with Crippen molar-refractivity contribution in [1.82, 2.24) is 10.4 Å². The average molecular weight is 318 g/mol. The Balaban J connectivity index is 2.06. The number of carbonyl (C=O) groups is 4. The van der Waals surface area contributed by atoms with E-state index < -0.39 is 29.7 Å². The van der Waals surface area contributed by atoms with Crippen LogP contribution in [0.15, 0.2) is 30.3 Å². The molecule has 23 heavy (non-hydrogen) atoms. The Labute approximate surface area is 133 Å². The summed E-state index contributed by atoms with van der Waals surface area (Å²) in [5, 5.41) is 3.05. The third-order valence-corrected chi connectivity index (χ3v) is 3.43. The largest absolute Gasteiger partial charge is 0.355 e. The Morgan fingerprint density at radius 3 is 2.17 bits per heavy atom. The van der Waals surface area contributed by atoms with Gasteiger partial charge in [-0.3, -0.25) is 14.4 Å². The Bertz CT molecular complexity index is 611. The third-order valence-electron chi connectivity index (χ3n) is 3.43. The van der Waals surface area contributed by atoms with E-state index in [1.54, 1.807) is 44.2 Å². The van der Waals surface area contributed by atoms with Gasteiger partial charge in [0.2, 0.25) is 0 Å². The zero-order valence-electron chi connectivity index (χ0n) is 12.9. The molecular formula is C16H18N2O5. The van der Waals surface area contributed by atoms with Crippen LogP contribution in [-0.2, 0) is 19.2 Å². The first-order valence-electron chi connectivity index (χ1n) is 7.33. The summed E-state index contributed by atoms with van der Waals surface area (Å²) in [6, 6.07) is 7.45. The molecule has 1 aliphatic rings. The molecule has 0 unspecified atom stereocenters. The predicted molar refractivity (Wildman–Crippen MR) is 79.7 cm³/mol. The van der Waals surface area contributed by atoms with Crippen molar-refractivity contribution in [2.24, 2.45) is 5.92 Å². The van der Waals surface area contributed by atoms with Gasteiger partial charge in [-0.25, -0.2) is 4.79 Å². The van der Waals surface area contributed by atoms with Gasteiger partial charge in [-0.2, -0.15) is 0 Å². The minimum absolute atomic E-state index is 0.0227. The summed E-state index contributed by atoms with van der Waals surface area (Å²) in [5.41, 5.74) is 0.402. The van der Waals surface area contributed by atoms with Crippen LogP contribution in [0.2, 0.25) is 0 Å². The molecule has 1 fully saturated rings. The van der Waals surface area contributed by atoms with Crippen molar-refractivity contribution in [3.8, 4) is 0 Å². The van der Waals surface area contributed by atoms with E-state index in [0.717, 1.165) is 0 Å². The molecule has 0 bridgehead atoms. The van der Waals surface area contributed by atoms with E-state index >= 15 is 0 Å². The Morgan fingerprint density at radius 1 is 1.09 bits per heavy atom. The topological polar surface area (TPSA) is 92.8 Å². The molecule has 7 nitrogen and oxygen atoms in total. The fourth-order valence-electron chi connectivity index (χ4n) is 2.12. The molecule has 1 saturated heterocycles. The molecule has 3 amide bonds. The molecule has 7 heteroatoms. The van der Waals surface area contributed by atoms with Crippen molar-refractivity contribution in [3.63, 3.8) is 0 Å². The van der Waals surface area contributed by atoms with E-state index in [2.05, 4.69) is 5.32 Å². The standard InChI is InChI=1S/C16H18N2O5/c1-10(2)14(17-15(21)11-6-4-3-5-7-11)16(22)23-18-12(19)8-9-13(18)20/h3-7,10,14H,8-9H2,1-2H3,(H,17,21)/t14-/m1/s1. The van der Waals surface area contributed by atoms with E-state index in [1.807, 2.05) is 0 Å². The molecular weight excluding hydrogens is 300 g/mol. The predicted octanol–water partition coefficient (Wildman–Crippen LogP) is 1.05. The Morgan fingerprint density at radius 2 is 1.65 bits per heavy atom. The summed E-state index contributed by atoms with van der Waals surface area (Å²) < 4.78 is 0. The molecule has 0 aromatic heterocycles. The van der Waals surface area contributed by atoms with Crippen LogP contribution in [0.1, 0.15) is 37.0 Å². The Hall–Kier alpha value is -2.70. The molecule has 1 heterocycles. The smallest absolute Gasteiger partial charge is 0.338 e. The summed E-state index contributed by atoms with van der Waals surface area (Å²) in [4.78, 5) is 52.2. The molecule has 1 atom stereocenters. The second kappa shape index (κ2) is 7.04. The van der Waals surface area contributed by atoms with Gasteiger partial charge < -0.3 is 10.2 Å². The van der Waals surface area contributed by atoms with Crippen LogP contribution < -0.4 is 5.32 Å². The SMILES string of the molecule is CC(C)[C@@H](NC(=O)c1ccccc1)C(=O)ON1C(=O)CCC1=O. The first-order chi connectivity index (χ1) is 10.9. The molecule has 0 saturated carbocycles. The number of benzene rings is 1. The third kappa shape index (κ3) is 3.94. The van der Waals surface area contributed by atoms with Gasteiger partial charge in [0.15, 0.2) is 0 Å². The maximum absolute atomic E-state index is 12.2. The maximum Gasteiger partial charge on any atom is 0.355 e. The van der Waals surface area contributed by atoms with E-state index in [4.69, 9.17) is 4.84 Å². The van der Waals surface area contributed by atoms with Gasteiger partial charge in [-0.1, -0.05) is 32.0 Å². The average Bonchev–Trinajstić information content (AvgIpc) is 2.84. The number of imide groups is 1. The first-order valence-corrected chi connectivity index (χ1v) is 7.33. The molecule has 1 aromatic rings. The van der Waals surface area contributed by atoms with E-state index in [-0.39, 0.29) is 18.8 Å². The van der Waals surface area contributed by atoms with Crippen LogP contribution in [0, 0.1) is 5.92 Å². The number of rotatable bonds is 5. The molecule has 1 aromatic carbocycles. The van der Waals surface area contributed by atoms with Crippen molar-refractivity contribution in [2.45, 2.75) is 32.7 Å². The van der Waals surface area contributed by atoms with Crippen molar-refractivity contribution in [1.29, 1.82) is 0 Å². The molecule has 1 aliphatic heterocycles. The quantitative estimate of drug-likeness (QED) is 0.819. The highest BCUT2D eigenvalue weighted by Crippen LogP contribution is 2.14. The van der Waals surface area contributed by atoms with Gasteiger partial charge in [0.1, 0.15) is 6.04 Å². The number of hydrogen-bond donors (Lipinski definition) is 1. The fraction of sp³-hybridized carbons (Fsp3) is 0.375. The van der Waals surface area contributed by atoms with Gasteiger partial charge >= 0.3 is 5.97 Å². The second-order valence-electron chi connectivity index (χ2n) is 5.55. The lowest BCUT2D eigenvalue weighted by Gasteiger charge is -2.22. The van der Waals surface area contributed by atoms with Crippen LogP contribution in [0.25, 0.3) is 0 Å². The van der Waals surface area contributed by atoms with Crippen LogP contribution in [0.3, 0.4) is 0 Å². The second-order valence-corrected chi connectivity index (χ2v) is 5.55. The van der Waals surface area contributed by atoms with Crippen LogP contribution >= 0.6 is 0 Å². The fourth-order valence-corrected chi connectivity index (χ4v) is 2.12. The first kappa shape index (κ1) is 16.7. The molecule has 0 aliphatic carbocycles. The van der Waals surface area contributed by atoms with Gasteiger partial charge in [0, 0.05) is 18.4 Å². The zero-order chi connectivity index (χ0) is 17.0. The summed E-state index contributed by atoms with van der Waals surface area (Å²) in [6.07, 6.45) is 0.0453. The monoisotopic (exact) mass is 318 g/mol. The van der Waals surface area contributed by atoms with Crippen molar-refractivity contribution in [3.05, 3.63) is 35.9 Å². The summed E-state index contributed by atoms with van der Waals surface area (Å²) in [5.74, 6) is -2.66. The number of amides is 3. The number of hydroxylamine groups is 2.